The van der Waals surface area contributed by atoms with Crippen LogP contribution in [0, 0.1) is 5.92 Å². The number of benzene rings is 3. The first-order chi connectivity index (χ1) is 24.4. The van der Waals surface area contributed by atoms with Crippen molar-refractivity contribution in [3.05, 3.63) is 93.3 Å². The van der Waals surface area contributed by atoms with Gasteiger partial charge in [-0.1, -0.05) is 41.5 Å². The Bertz CT molecular complexity index is 2290. The maximum Gasteiger partial charge on any atom is 0.261 e. The van der Waals surface area contributed by atoms with Crippen molar-refractivity contribution in [2.45, 2.75) is 63.3 Å². The number of methoxy groups -OCH3 is 2. The predicted octanol–water partition coefficient (Wildman–Crippen LogP) is 7.73. The molecule has 1 fully saturated rings. The van der Waals surface area contributed by atoms with Crippen molar-refractivity contribution in [3.8, 4) is 22.1 Å². The van der Waals surface area contributed by atoms with Crippen LogP contribution in [0.4, 0.5) is 5.69 Å². The minimum Gasteiger partial charge on any atom is -0.493 e. The van der Waals surface area contributed by atoms with E-state index in [4.69, 9.17) is 31.2 Å². The molecular formula is C37H36ClN7O4S. The quantitative estimate of drug-likeness (QED) is 0.179. The molecule has 0 saturated heterocycles. The number of ether oxygens (including phenoxy) is 2. The summed E-state index contributed by atoms with van der Waals surface area (Å²) in [6.07, 6.45) is 6.95. The summed E-state index contributed by atoms with van der Waals surface area (Å²) in [5, 5.41) is 18.6. The third-order valence-electron chi connectivity index (χ3n) is 10.2. The Morgan fingerprint density at radius 1 is 0.920 bits per heavy atom. The molecule has 1 aliphatic carbocycles. The summed E-state index contributed by atoms with van der Waals surface area (Å²) in [4.78, 5) is 32.8. The molecule has 1 atom stereocenters. The molecule has 6 aromatic rings. The molecular weight excluding hydrogens is 674 g/mol. The standard InChI is InChI=1S/C37H36ClN7O4S/c1-48-30-17-14-23(19-31(30)49-2)35-43-45-32(41-42-37(45)50-35)22-12-10-21(11-13-22)25-7-5-6-18-44-33(25)40-29-16-15-24(20-27(29)36(44)47)39-34(46)26-8-3-4-9-28(26)38/h3-4,8-9,14-17,19-22,25H,5-7,10-13,18H2,1-2H3,(H,39,46). The molecule has 1 amide bonds. The molecule has 4 heterocycles. The Balaban J connectivity index is 1.01. The van der Waals surface area contributed by atoms with Gasteiger partial charge in [0, 0.05) is 29.6 Å². The zero-order valence-electron chi connectivity index (χ0n) is 27.8. The van der Waals surface area contributed by atoms with E-state index in [-0.39, 0.29) is 23.3 Å². The molecule has 0 radical (unpaired) electrons. The first-order valence-corrected chi connectivity index (χ1v) is 18.2. The highest BCUT2D eigenvalue weighted by atomic mass is 35.5. The van der Waals surface area contributed by atoms with Gasteiger partial charge in [-0.3, -0.25) is 14.2 Å². The van der Waals surface area contributed by atoms with Crippen molar-refractivity contribution >= 4 is 50.4 Å². The second kappa shape index (κ2) is 13.5. The van der Waals surface area contributed by atoms with E-state index in [9.17, 15) is 9.59 Å². The van der Waals surface area contributed by atoms with Crippen LogP contribution < -0.4 is 20.3 Å². The lowest BCUT2D eigenvalue weighted by molar-refractivity contribution is 0.102. The normalized spacial score (nSPS) is 19.2. The highest BCUT2D eigenvalue weighted by Crippen LogP contribution is 2.44. The minimum absolute atomic E-state index is 0.0564. The molecule has 0 bridgehead atoms. The van der Waals surface area contributed by atoms with Gasteiger partial charge in [-0.25, -0.2) is 4.98 Å². The van der Waals surface area contributed by atoms with Gasteiger partial charge in [-0.15, -0.1) is 10.2 Å². The SMILES string of the molecule is COc1ccc(-c2nn3c(C4CCC(C5CCCCn6c5nc5ccc(NC(=O)c7ccccc7Cl)cc5c6=O)CC4)nnc3s2)cc1OC. The van der Waals surface area contributed by atoms with Crippen molar-refractivity contribution in [2.75, 3.05) is 19.5 Å². The van der Waals surface area contributed by atoms with Crippen molar-refractivity contribution < 1.29 is 14.3 Å². The number of carbonyl (C=O) groups excluding carboxylic acids is 1. The molecule has 1 unspecified atom stereocenters. The van der Waals surface area contributed by atoms with E-state index in [2.05, 4.69) is 15.5 Å². The number of nitrogens with zero attached hydrogens (tertiary/aromatic N) is 6. The molecule has 8 rings (SSSR count). The largest absolute Gasteiger partial charge is 0.493 e. The average Bonchev–Trinajstić information content (AvgIpc) is 3.67. The Hall–Kier alpha value is -4.81. The second-order valence-electron chi connectivity index (χ2n) is 13.0. The summed E-state index contributed by atoms with van der Waals surface area (Å²) in [6.45, 7) is 0.642. The number of halogens is 1. The van der Waals surface area contributed by atoms with E-state index in [1.165, 1.54) is 11.3 Å². The van der Waals surface area contributed by atoms with Gasteiger partial charge < -0.3 is 14.8 Å². The van der Waals surface area contributed by atoms with E-state index in [1.54, 1.807) is 50.6 Å². The number of carbonyl (C=O) groups is 1. The molecule has 3 aromatic heterocycles. The molecule has 50 heavy (non-hydrogen) atoms. The van der Waals surface area contributed by atoms with E-state index in [1.807, 2.05) is 33.3 Å². The summed E-state index contributed by atoms with van der Waals surface area (Å²) in [5.74, 6) is 3.65. The first kappa shape index (κ1) is 32.4. The summed E-state index contributed by atoms with van der Waals surface area (Å²) in [7, 11) is 3.25. The first-order valence-electron chi connectivity index (χ1n) is 17.0. The second-order valence-corrected chi connectivity index (χ2v) is 14.4. The van der Waals surface area contributed by atoms with Gasteiger partial charge in [-0.05, 0) is 93.0 Å². The van der Waals surface area contributed by atoms with E-state index in [0.29, 0.717) is 51.1 Å². The van der Waals surface area contributed by atoms with Gasteiger partial charge in [0.15, 0.2) is 17.3 Å². The number of hydrogen-bond acceptors (Lipinski definition) is 9. The van der Waals surface area contributed by atoms with Crippen LogP contribution in [0.5, 0.6) is 11.5 Å². The molecule has 0 spiro atoms. The summed E-state index contributed by atoms with van der Waals surface area (Å²) < 4.78 is 14.7. The fraction of sp³-hybridized carbons (Fsp3) is 0.351. The van der Waals surface area contributed by atoms with Crippen molar-refractivity contribution in [1.29, 1.82) is 0 Å². The lowest BCUT2D eigenvalue weighted by Crippen LogP contribution is -2.29. The summed E-state index contributed by atoms with van der Waals surface area (Å²) in [6, 6.07) is 18.0. The summed E-state index contributed by atoms with van der Waals surface area (Å²) >= 11 is 7.74. The van der Waals surface area contributed by atoms with Gasteiger partial charge in [-0.2, -0.15) is 9.61 Å². The Kier molecular flexibility index (Phi) is 8.74. The van der Waals surface area contributed by atoms with Gasteiger partial charge in [0.1, 0.15) is 10.8 Å². The molecule has 256 valence electrons. The highest BCUT2D eigenvalue weighted by molar-refractivity contribution is 7.19. The number of aromatic nitrogens is 6. The molecule has 1 saturated carbocycles. The third-order valence-corrected chi connectivity index (χ3v) is 11.5. The van der Waals surface area contributed by atoms with Crippen LogP contribution in [-0.2, 0) is 6.54 Å². The smallest absolute Gasteiger partial charge is 0.261 e. The van der Waals surface area contributed by atoms with Crippen LogP contribution in [0.2, 0.25) is 5.02 Å². The maximum absolute atomic E-state index is 14.0. The van der Waals surface area contributed by atoms with Crippen LogP contribution in [0.1, 0.15) is 78.8 Å². The average molecular weight is 710 g/mol. The lowest BCUT2D eigenvalue weighted by atomic mass is 9.74. The lowest BCUT2D eigenvalue weighted by Gasteiger charge is -2.33. The number of fused-ring (bicyclic) bond motifs is 3. The zero-order chi connectivity index (χ0) is 34.4. The Labute approximate surface area is 297 Å². The molecule has 1 N–H and O–H groups in total. The third kappa shape index (κ3) is 5.90. The van der Waals surface area contributed by atoms with Gasteiger partial charge in [0.2, 0.25) is 4.96 Å². The van der Waals surface area contributed by atoms with E-state index < -0.39 is 0 Å². The topological polar surface area (TPSA) is 126 Å². The van der Waals surface area contributed by atoms with Gasteiger partial charge >= 0.3 is 0 Å². The van der Waals surface area contributed by atoms with Crippen LogP contribution in [-0.4, -0.2) is 49.5 Å². The van der Waals surface area contributed by atoms with Crippen molar-refractivity contribution in [1.82, 2.24) is 29.4 Å². The van der Waals surface area contributed by atoms with Crippen LogP contribution in [0.3, 0.4) is 0 Å². The molecule has 13 heteroatoms. The molecule has 2 aliphatic rings. The van der Waals surface area contributed by atoms with Gasteiger partial charge in [0.25, 0.3) is 11.5 Å². The van der Waals surface area contributed by atoms with Crippen LogP contribution in [0.15, 0.2) is 65.5 Å². The summed E-state index contributed by atoms with van der Waals surface area (Å²) in [5.41, 5.74) is 2.44. The monoisotopic (exact) mass is 709 g/mol. The fourth-order valence-electron chi connectivity index (χ4n) is 7.62. The number of hydrogen-bond donors (Lipinski definition) is 1. The van der Waals surface area contributed by atoms with E-state index >= 15 is 0 Å². The highest BCUT2D eigenvalue weighted by Gasteiger charge is 2.35. The van der Waals surface area contributed by atoms with Gasteiger partial charge in [0.05, 0.1) is 35.7 Å². The predicted molar refractivity (Wildman–Crippen MR) is 194 cm³/mol. The number of anilines is 1. The van der Waals surface area contributed by atoms with Crippen LogP contribution in [0.25, 0.3) is 26.4 Å². The van der Waals surface area contributed by atoms with Crippen molar-refractivity contribution in [2.24, 2.45) is 5.92 Å². The maximum atomic E-state index is 14.0. The minimum atomic E-state index is -0.326. The number of amides is 1. The fourth-order valence-corrected chi connectivity index (χ4v) is 8.69. The van der Waals surface area contributed by atoms with Crippen LogP contribution >= 0.6 is 22.9 Å². The Morgan fingerprint density at radius 3 is 2.54 bits per heavy atom. The molecule has 1 aliphatic heterocycles. The molecule has 3 aromatic carbocycles. The zero-order valence-corrected chi connectivity index (χ0v) is 29.3. The van der Waals surface area contributed by atoms with E-state index in [0.717, 1.165) is 72.1 Å². The Morgan fingerprint density at radius 2 is 1.74 bits per heavy atom. The molecule has 11 nitrogen and oxygen atoms in total. The van der Waals surface area contributed by atoms with Crippen molar-refractivity contribution in [3.63, 3.8) is 0 Å². The number of nitrogens with one attached hydrogen (secondary N) is 1. The number of rotatable bonds is 7.